The van der Waals surface area contributed by atoms with E-state index in [1.165, 1.54) is 31.8 Å². The Hall–Kier alpha value is -3.05. The molecule has 210 valence electrons. The molecule has 10 heteroatoms. The first-order valence-electron chi connectivity index (χ1n) is 13.3. The zero-order valence-electron chi connectivity index (χ0n) is 24.4. The molecule has 0 saturated carbocycles. The van der Waals surface area contributed by atoms with E-state index in [2.05, 4.69) is 74.3 Å². The molecule has 0 aliphatic carbocycles. The number of esters is 1. The van der Waals surface area contributed by atoms with Gasteiger partial charge in [-0.25, -0.2) is 9.78 Å². The van der Waals surface area contributed by atoms with Crippen LogP contribution in [-0.4, -0.2) is 37.6 Å². The second-order valence-electron chi connectivity index (χ2n) is 10.7. The van der Waals surface area contributed by atoms with Crippen LogP contribution in [0.1, 0.15) is 36.7 Å². The molecule has 0 bridgehead atoms. The number of pyridine rings is 1. The predicted molar refractivity (Wildman–Crippen MR) is 163 cm³/mol. The first-order valence-corrected chi connectivity index (χ1v) is 16.1. The minimum absolute atomic E-state index is 0. The van der Waals surface area contributed by atoms with Gasteiger partial charge in [0.2, 0.25) is 0 Å². The Morgan fingerprint density at radius 1 is 0.952 bits per heavy atom. The van der Waals surface area contributed by atoms with E-state index in [9.17, 15) is 14.7 Å². The number of thiazole rings is 1. The van der Waals surface area contributed by atoms with Gasteiger partial charge >= 0.3 is 35.5 Å². The monoisotopic (exact) mass is 606 g/mol. The van der Waals surface area contributed by atoms with Gasteiger partial charge < -0.3 is 14.3 Å². The molecular formula is C32H31N2NaO5SSi. The fraction of sp³-hybridized carbons (Fsp3) is 0.219. The van der Waals surface area contributed by atoms with Gasteiger partial charge in [-0.2, -0.15) is 0 Å². The van der Waals surface area contributed by atoms with Crippen molar-refractivity contribution in [1.29, 1.82) is 0 Å². The summed E-state index contributed by atoms with van der Waals surface area (Å²) in [5.74, 6) is -1.70. The summed E-state index contributed by atoms with van der Waals surface area (Å²) in [4.78, 5) is 30.6. The third-order valence-corrected chi connectivity index (χ3v) is 13.2. The van der Waals surface area contributed by atoms with Crippen molar-refractivity contribution in [2.45, 2.75) is 32.2 Å². The number of carbonyl (C=O) groups is 1. The average molecular weight is 607 g/mol. The number of para-hydroxylation sites is 1. The topological polar surface area (TPSA) is 93.5 Å². The minimum Gasteiger partial charge on any atom is -0.870 e. The third-order valence-electron chi connectivity index (χ3n) is 7.34. The normalized spacial score (nSPS) is 11.7. The van der Waals surface area contributed by atoms with E-state index in [4.69, 9.17) is 9.16 Å². The number of benzene rings is 3. The summed E-state index contributed by atoms with van der Waals surface area (Å²) < 4.78 is 13.3. The first-order chi connectivity index (χ1) is 19.7. The van der Waals surface area contributed by atoms with Gasteiger partial charge in [0, 0.05) is 6.61 Å². The third kappa shape index (κ3) is 5.65. The number of nitrogens with zero attached hydrogens (tertiary/aromatic N) is 2. The van der Waals surface area contributed by atoms with Crippen LogP contribution in [0.4, 0.5) is 0 Å². The molecule has 0 atom stereocenters. The predicted octanol–water partition coefficient (Wildman–Crippen LogP) is 1.43. The maximum atomic E-state index is 13.6. The zero-order chi connectivity index (χ0) is 29.2. The number of ether oxygens (including phenoxy) is 1. The van der Waals surface area contributed by atoms with Crippen LogP contribution in [0, 0.1) is 0 Å². The number of fused-ring (bicyclic) bond motifs is 1. The molecule has 7 nitrogen and oxygen atoms in total. The molecule has 5 rings (SSSR count). The summed E-state index contributed by atoms with van der Waals surface area (Å²) in [5, 5.41) is 15.1. The second kappa shape index (κ2) is 13.1. The van der Waals surface area contributed by atoms with E-state index >= 15 is 0 Å². The Morgan fingerprint density at radius 3 is 2.10 bits per heavy atom. The molecule has 0 aliphatic rings. The van der Waals surface area contributed by atoms with Gasteiger partial charge in [-0.05, 0) is 33.5 Å². The molecule has 5 aromatic rings. The summed E-state index contributed by atoms with van der Waals surface area (Å²) >= 11 is 1.18. The summed E-state index contributed by atoms with van der Waals surface area (Å²) in [6, 6.07) is 28.3. The van der Waals surface area contributed by atoms with Crippen molar-refractivity contribution in [3.8, 4) is 11.4 Å². The molecule has 0 fully saturated rings. The number of hydrogen-bond acceptors (Lipinski definition) is 7. The molecule has 0 spiro atoms. The van der Waals surface area contributed by atoms with Gasteiger partial charge in [0.15, 0.2) is 0 Å². The van der Waals surface area contributed by atoms with Crippen molar-refractivity contribution in [1.82, 2.24) is 9.55 Å². The molecule has 0 saturated heterocycles. The number of methoxy groups -OCH3 is 1. The molecule has 2 aromatic heterocycles. The van der Waals surface area contributed by atoms with Crippen molar-refractivity contribution in [3.63, 3.8) is 0 Å². The van der Waals surface area contributed by atoms with Crippen LogP contribution < -0.4 is 50.6 Å². The Kier molecular flexibility index (Phi) is 9.92. The molecule has 0 aliphatic heterocycles. The number of hydrogen-bond donors (Lipinski definition) is 0. The van der Waals surface area contributed by atoms with E-state index in [-0.39, 0.29) is 40.1 Å². The van der Waals surface area contributed by atoms with Crippen LogP contribution >= 0.6 is 11.3 Å². The molecular weight excluding hydrogens is 576 g/mol. The van der Waals surface area contributed by atoms with Crippen LogP contribution in [0.5, 0.6) is 5.75 Å². The van der Waals surface area contributed by atoms with Crippen LogP contribution in [0.3, 0.4) is 0 Å². The summed E-state index contributed by atoms with van der Waals surface area (Å²) in [6.07, 6.45) is 0.500. The van der Waals surface area contributed by atoms with E-state index < -0.39 is 31.2 Å². The van der Waals surface area contributed by atoms with E-state index in [0.29, 0.717) is 23.5 Å². The molecule has 0 radical (unpaired) electrons. The quantitative estimate of drug-likeness (QED) is 0.196. The Bertz CT molecular complexity index is 1710. The number of carbonyl (C=O) groups excluding carboxylic acids is 1. The summed E-state index contributed by atoms with van der Waals surface area (Å²) in [7, 11) is -1.61. The standard InChI is InChI=1S/C32H32N2O5SSi.Na/c1-32(2,3)41(23-14-7-5-8-15-23,24-16-9-6-10-17-24)39-20-19-22-13-11-12-18-25(22)34-29(36)26(31(37)38-4)28(35)27-30(34)40-21-33-27;/h5-18,21,35H,19-20H2,1-4H3;/q;+1/p-1. The maximum Gasteiger partial charge on any atom is 1.00 e. The Labute approximate surface area is 272 Å². The Balaban J connectivity index is 0.00000405. The first kappa shape index (κ1) is 31.9. The van der Waals surface area contributed by atoms with Crippen molar-refractivity contribution >= 4 is 46.3 Å². The van der Waals surface area contributed by atoms with Crippen LogP contribution in [0.15, 0.2) is 95.2 Å². The fourth-order valence-corrected chi connectivity index (χ4v) is 10.9. The fourth-order valence-electron chi connectivity index (χ4n) is 5.49. The van der Waals surface area contributed by atoms with Crippen molar-refractivity contribution in [2.75, 3.05) is 13.7 Å². The van der Waals surface area contributed by atoms with Gasteiger partial charge in [0.1, 0.15) is 10.4 Å². The SMILES string of the molecule is COC(=O)c1c([O-])c2ncsc2n(-c2ccccc2CCO[Si](c2ccccc2)(c2ccccc2)C(C)(C)C)c1=O.[Na+]. The molecule has 42 heavy (non-hydrogen) atoms. The maximum absolute atomic E-state index is 13.6. The molecule has 2 heterocycles. The van der Waals surface area contributed by atoms with Crippen molar-refractivity contribution in [3.05, 3.63) is 112 Å². The van der Waals surface area contributed by atoms with Gasteiger partial charge in [0.05, 0.1) is 23.8 Å². The zero-order valence-corrected chi connectivity index (χ0v) is 28.2. The van der Waals surface area contributed by atoms with Crippen LogP contribution in [0.25, 0.3) is 16.0 Å². The van der Waals surface area contributed by atoms with Gasteiger partial charge in [0.25, 0.3) is 13.9 Å². The molecule has 0 amide bonds. The van der Waals surface area contributed by atoms with E-state index in [1.807, 2.05) is 36.4 Å². The smallest absolute Gasteiger partial charge is 0.870 e. The summed E-state index contributed by atoms with van der Waals surface area (Å²) in [6.45, 7) is 7.08. The molecule has 0 N–H and O–H groups in total. The van der Waals surface area contributed by atoms with Gasteiger partial charge in [-0.3, -0.25) is 9.36 Å². The van der Waals surface area contributed by atoms with Gasteiger partial charge in [-0.15, -0.1) is 11.3 Å². The Morgan fingerprint density at radius 2 is 1.52 bits per heavy atom. The number of rotatable bonds is 8. The minimum atomic E-state index is -2.76. The van der Waals surface area contributed by atoms with E-state index in [1.54, 1.807) is 0 Å². The summed E-state index contributed by atoms with van der Waals surface area (Å²) in [5.41, 5.74) is 1.70. The second-order valence-corrected chi connectivity index (χ2v) is 15.9. The van der Waals surface area contributed by atoms with Crippen molar-refractivity contribution in [2.24, 2.45) is 0 Å². The van der Waals surface area contributed by atoms with Crippen LogP contribution in [0.2, 0.25) is 5.04 Å². The van der Waals surface area contributed by atoms with Crippen LogP contribution in [-0.2, 0) is 15.6 Å². The number of aromatic nitrogens is 2. The molecule has 0 unspecified atom stereocenters. The van der Waals surface area contributed by atoms with Crippen molar-refractivity contribution < 1.29 is 48.6 Å². The largest absolute Gasteiger partial charge is 1.00 e. The molecule has 3 aromatic carbocycles. The van der Waals surface area contributed by atoms with E-state index in [0.717, 1.165) is 12.7 Å². The van der Waals surface area contributed by atoms with Gasteiger partial charge in [-0.1, -0.05) is 105 Å². The average Bonchev–Trinajstić information content (AvgIpc) is 3.46.